The van der Waals surface area contributed by atoms with Crippen molar-refractivity contribution in [3.8, 4) is 23.0 Å². The number of aromatic hydroxyl groups is 1. The summed E-state index contributed by atoms with van der Waals surface area (Å²) < 4.78 is 26.1. The number of rotatable bonds is 7. The molecule has 2 saturated heterocycles. The van der Waals surface area contributed by atoms with Crippen LogP contribution in [0.3, 0.4) is 0 Å². The molecule has 0 spiro atoms. The maximum atomic E-state index is 15.4. The van der Waals surface area contributed by atoms with Crippen LogP contribution < -0.4 is 15.1 Å². The Bertz CT molecular complexity index is 2780. The zero-order valence-electron chi connectivity index (χ0n) is 31.6. The Hall–Kier alpha value is -6.31. The van der Waals surface area contributed by atoms with Crippen LogP contribution in [0.1, 0.15) is 29.9 Å². The lowest BCUT2D eigenvalue weighted by molar-refractivity contribution is -0.138. The first-order valence-corrected chi connectivity index (χ1v) is 20.4. The average Bonchev–Trinajstić information content (AvgIpc) is 3.87. The summed E-state index contributed by atoms with van der Waals surface area (Å²) in [6.07, 6.45) is 2.09. The topological polar surface area (TPSA) is 142 Å². The summed E-state index contributed by atoms with van der Waals surface area (Å²) in [6.45, 7) is 0. The Labute approximate surface area is 355 Å². The van der Waals surface area contributed by atoms with Crippen LogP contribution in [-0.2, 0) is 24.6 Å². The molecule has 4 aliphatic rings. The number of phenols is 1. The molecule has 6 aromatic rings. The highest BCUT2D eigenvalue weighted by Crippen LogP contribution is 2.65. The van der Waals surface area contributed by atoms with Gasteiger partial charge < -0.3 is 14.3 Å². The van der Waals surface area contributed by atoms with Crippen LogP contribution in [0.5, 0.6) is 11.5 Å². The lowest BCUT2D eigenvalue weighted by Gasteiger charge is -2.50. The highest BCUT2D eigenvalue weighted by molar-refractivity contribution is 9.10. The van der Waals surface area contributed by atoms with E-state index in [9.17, 15) is 23.9 Å². The molecule has 1 saturated carbocycles. The van der Waals surface area contributed by atoms with Crippen molar-refractivity contribution in [2.24, 2.45) is 23.7 Å². The molecule has 0 bridgehead atoms. The van der Waals surface area contributed by atoms with Gasteiger partial charge in [0.15, 0.2) is 17.1 Å². The summed E-state index contributed by atoms with van der Waals surface area (Å²) in [7, 11) is 1.41. The maximum absolute atomic E-state index is 15.4. The fraction of sp³-hybridized carbons (Fsp3) is 0.196. The number of ether oxygens (including phenoxy) is 1. The number of methoxy groups -OCH3 is 1. The predicted molar refractivity (Wildman–Crippen MR) is 223 cm³/mol. The highest BCUT2D eigenvalue weighted by atomic mass is 79.9. The Balaban J connectivity index is 1.10. The Morgan fingerprint density at radius 2 is 1.65 bits per heavy atom. The molecule has 2 N–H and O–H groups in total. The largest absolute Gasteiger partial charge is 0.504 e. The average molecular weight is 888 g/mol. The molecule has 14 heteroatoms. The zero-order chi connectivity index (χ0) is 41.6. The van der Waals surface area contributed by atoms with E-state index in [1.54, 1.807) is 60.7 Å². The molecule has 10 rings (SSSR count). The summed E-state index contributed by atoms with van der Waals surface area (Å²) >= 11 is 9.97. The van der Waals surface area contributed by atoms with E-state index in [-0.39, 0.29) is 41.5 Å². The number of imide groups is 2. The molecular weight excluding hydrogens is 855 g/mol. The molecule has 2 aliphatic carbocycles. The van der Waals surface area contributed by atoms with Crippen molar-refractivity contribution in [2.45, 2.75) is 24.2 Å². The van der Waals surface area contributed by atoms with Gasteiger partial charge in [-0.15, -0.1) is 0 Å². The number of para-hydroxylation sites is 2. The third-order valence-electron chi connectivity index (χ3n) is 12.5. The van der Waals surface area contributed by atoms with E-state index in [4.69, 9.17) is 20.8 Å². The molecule has 60 heavy (non-hydrogen) atoms. The van der Waals surface area contributed by atoms with Gasteiger partial charge in [-0.05, 0) is 109 Å². The number of allylic oxidation sites excluding steroid dienone is 2. The number of anilines is 2. The molecule has 300 valence electrons. The Morgan fingerprint density at radius 3 is 2.37 bits per heavy atom. The first-order valence-electron chi connectivity index (χ1n) is 19.3. The van der Waals surface area contributed by atoms with Crippen molar-refractivity contribution in [1.82, 2.24) is 9.99 Å². The first-order chi connectivity index (χ1) is 29.0. The zero-order valence-corrected chi connectivity index (χ0v) is 34.0. The molecule has 3 fully saturated rings. The number of hydrazine groups is 1. The number of fused-ring (bicyclic) bond motifs is 5. The van der Waals surface area contributed by atoms with Crippen molar-refractivity contribution in [1.29, 1.82) is 0 Å². The Morgan fingerprint density at radius 1 is 0.917 bits per heavy atom. The van der Waals surface area contributed by atoms with Crippen molar-refractivity contribution < 1.29 is 37.8 Å². The van der Waals surface area contributed by atoms with E-state index < -0.39 is 58.5 Å². The van der Waals surface area contributed by atoms with Gasteiger partial charge in [0.2, 0.25) is 17.7 Å². The van der Waals surface area contributed by atoms with Gasteiger partial charge in [0, 0.05) is 26.5 Å². The minimum absolute atomic E-state index is 0.0215. The van der Waals surface area contributed by atoms with Gasteiger partial charge in [0.25, 0.3) is 11.8 Å². The molecular formula is C46H33BrClFN4O7. The van der Waals surface area contributed by atoms with E-state index in [2.05, 4.69) is 26.3 Å². The third-order valence-corrected chi connectivity index (χ3v) is 13.2. The van der Waals surface area contributed by atoms with Gasteiger partial charge in [-0.25, -0.2) is 9.37 Å². The lowest BCUT2D eigenvalue weighted by atomic mass is 9.49. The minimum atomic E-state index is -1.70. The smallest absolute Gasteiger partial charge is 0.260 e. The monoisotopic (exact) mass is 886 g/mol. The molecule has 3 heterocycles. The second-order valence-electron chi connectivity index (χ2n) is 15.5. The number of nitrogens with one attached hydrogen (secondary N) is 1. The van der Waals surface area contributed by atoms with Crippen LogP contribution >= 0.6 is 27.5 Å². The summed E-state index contributed by atoms with van der Waals surface area (Å²) in [6, 6.07) is 29.5. The fourth-order valence-electron chi connectivity index (χ4n) is 9.97. The van der Waals surface area contributed by atoms with Gasteiger partial charge in [0.05, 0.1) is 41.7 Å². The molecule has 5 aromatic carbocycles. The minimum Gasteiger partial charge on any atom is -0.504 e. The van der Waals surface area contributed by atoms with Gasteiger partial charge in [-0.1, -0.05) is 63.4 Å². The summed E-state index contributed by atoms with van der Waals surface area (Å²) in [5, 5.41) is 13.3. The summed E-state index contributed by atoms with van der Waals surface area (Å²) in [5.41, 5.74) is 5.27. The lowest BCUT2D eigenvalue weighted by Crippen LogP contribution is -2.53. The number of oxazole rings is 1. The number of carbonyl (C=O) groups is 4. The molecule has 1 aromatic heterocycles. The number of phenolic OH excluding ortho intramolecular Hbond substituents is 1. The van der Waals surface area contributed by atoms with Gasteiger partial charge in [-0.2, -0.15) is 5.01 Å². The van der Waals surface area contributed by atoms with E-state index in [1.807, 2.05) is 30.3 Å². The number of nitrogens with zero attached hydrogens (tertiary/aromatic N) is 3. The van der Waals surface area contributed by atoms with Gasteiger partial charge in [-0.3, -0.25) is 29.5 Å². The van der Waals surface area contributed by atoms with E-state index in [0.717, 1.165) is 5.01 Å². The second-order valence-corrected chi connectivity index (χ2v) is 16.8. The first kappa shape index (κ1) is 37.9. The summed E-state index contributed by atoms with van der Waals surface area (Å²) in [4.78, 5) is 65.4. The van der Waals surface area contributed by atoms with Crippen molar-refractivity contribution in [3.05, 3.63) is 147 Å². The van der Waals surface area contributed by atoms with Gasteiger partial charge >= 0.3 is 0 Å². The van der Waals surface area contributed by atoms with E-state index in [1.165, 1.54) is 36.3 Å². The summed E-state index contributed by atoms with van der Waals surface area (Å²) in [5.74, 6) is -6.74. The van der Waals surface area contributed by atoms with Crippen LogP contribution in [0.4, 0.5) is 15.8 Å². The second kappa shape index (κ2) is 14.2. The van der Waals surface area contributed by atoms with Crippen molar-refractivity contribution in [2.75, 3.05) is 17.4 Å². The predicted octanol–water partition coefficient (Wildman–Crippen LogP) is 8.95. The number of benzene rings is 5. The molecule has 2 aliphatic heterocycles. The van der Waals surface area contributed by atoms with Crippen molar-refractivity contribution in [3.63, 3.8) is 0 Å². The van der Waals surface area contributed by atoms with Crippen LogP contribution in [0.15, 0.2) is 130 Å². The SMILES string of the molecule is COc1cc(Br)cc([C@H]2C3=CC[C@@H]4C(=O)N(c5ccc(-c6nc7ccccc7o6)cc5)C(=O)[C@@H]4[C@@H]3C[C@H]3C(=O)N(Nc4ccc(F)cc4)C(=O)[C@@]23c2ccc(Cl)cc2)c1O. The van der Waals surface area contributed by atoms with Crippen LogP contribution in [0, 0.1) is 29.5 Å². The number of aromatic nitrogens is 1. The van der Waals surface area contributed by atoms with E-state index >= 15 is 4.79 Å². The third kappa shape index (κ3) is 5.62. The normalized spacial score (nSPS) is 24.7. The fourth-order valence-corrected chi connectivity index (χ4v) is 10.6. The Kier molecular flexibility index (Phi) is 8.95. The quantitative estimate of drug-likeness (QED) is 0.119. The van der Waals surface area contributed by atoms with Crippen LogP contribution in [0.2, 0.25) is 5.02 Å². The standard InChI is InChI=1S/C46H33BrClFN4O7/c1-59-37-21-25(47)20-33(40(37)54)39-30-18-19-31-38(44(57)52(42(31)55)29-16-6-23(7-17-29)41-50-35-4-2-3-5-36(35)60-41)32(30)22-34-43(56)53(51-28-14-12-27(49)13-15-28)45(58)46(34,39)24-8-10-26(48)11-9-24/h2-18,20-21,31-32,34,38-39,51,54H,19,22H2,1H3/t31-,32+,34-,38-,39+,46+/m0/s1. The molecule has 11 nitrogen and oxygen atoms in total. The maximum Gasteiger partial charge on any atom is 0.260 e. The van der Waals surface area contributed by atoms with Gasteiger partial charge in [0.1, 0.15) is 11.3 Å². The van der Waals surface area contributed by atoms with Crippen LogP contribution in [-0.4, -0.2) is 45.8 Å². The molecule has 0 radical (unpaired) electrons. The van der Waals surface area contributed by atoms with Crippen molar-refractivity contribution >= 4 is 73.6 Å². The number of carbonyl (C=O) groups excluding carboxylic acids is 4. The highest BCUT2D eigenvalue weighted by Gasteiger charge is 2.70. The number of hydrogen-bond donors (Lipinski definition) is 2. The number of hydrogen-bond acceptors (Lipinski definition) is 9. The molecule has 4 amide bonds. The number of amides is 4. The molecule has 6 atom stereocenters. The number of halogens is 3. The molecule has 0 unspecified atom stereocenters. The van der Waals surface area contributed by atoms with E-state index in [0.29, 0.717) is 48.9 Å². The van der Waals surface area contributed by atoms with Crippen LogP contribution in [0.25, 0.3) is 22.6 Å².